The molecule has 5 rings (SSSR count). The molecule has 0 fully saturated rings. The molecular weight excluding hydrogens is 635 g/mol. The van der Waals surface area contributed by atoms with Crippen molar-refractivity contribution in [2.24, 2.45) is 0 Å². The molecule has 0 bridgehead atoms. The molecule has 0 aromatic heterocycles. The van der Waals surface area contributed by atoms with Crippen molar-refractivity contribution in [3.8, 4) is 0 Å². The van der Waals surface area contributed by atoms with Crippen molar-refractivity contribution in [2.45, 2.75) is 93.9 Å². The summed E-state index contributed by atoms with van der Waals surface area (Å²) in [6, 6.07) is 20.4. The van der Waals surface area contributed by atoms with Crippen LogP contribution in [0.3, 0.4) is 0 Å². The van der Waals surface area contributed by atoms with Gasteiger partial charge in [-0.3, -0.25) is 0 Å². The Morgan fingerprint density at radius 2 is 1.00 bits per heavy atom. The van der Waals surface area contributed by atoms with Crippen LogP contribution in [-0.4, -0.2) is 5.92 Å². The summed E-state index contributed by atoms with van der Waals surface area (Å²) in [6.07, 6.45) is 4.90. The minimum absolute atomic E-state index is 0.0316. The molecule has 3 atom stereocenters. The topological polar surface area (TPSA) is 0 Å². The van der Waals surface area contributed by atoms with Crippen molar-refractivity contribution in [1.29, 1.82) is 0 Å². The molecule has 0 saturated heterocycles. The zero-order valence-electron chi connectivity index (χ0n) is 26.8. The molecule has 0 spiro atoms. The third kappa shape index (κ3) is 4.79. The fourth-order valence-corrected chi connectivity index (χ4v) is 50.3. The number of allylic oxidation sites excluding steroid dienone is 2. The molecule has 0 saturated carbocycles. The number of hydrogen-bond acceptors (Lipinski definition) is 0. The molecule has 0 amide bonds. The maximum absolute atomic E-state index is 8.77. The van der Waals surface area contributed by atoms with E-state index in [1.165, 1.54) is 60.8 Å². The fourth-order valence-electron chi connectivity index (χ4n) is 8.10. The Bertz CT molecular complexity index is 1500. The van der Waals surface area contributed by atoms with Gasteiger partial charge in [0.1, 0.15) is 0 Å². The van der Waals surface area contributed by atoms with E-state index in [0.717, 1.165) is 0 Å². The first kappa shape index (κ1) is 31.3. The van der Waals surface area contributed by atoms with Crippen LogP contribution < -0.4 is 5.19 Å². The van der Waals surface area contributed by atoms with Gasteiger partial charge in [0.05, 0.1) is 0 Å². The van der Waals surface area contributed by atoms with E-state index >= 15 is 0 Å². The summed E-state index contributed by atoms with van der Waals surface area (Å²) in [7, 11) is 17.5. The first-order valence-electron chi connectivity index (χ1n) is 15.2. The second-order valence-corrected chi connectivity index (χ2v) is 55.2. The van der Waals surface area contributed by atoms with Gasteiger partial charge < -0.3 is 0 Å². The summed E-state index contributed by atoms with van der Waals surface area (Å²) in [6.45, 7) is 25.6. The second-order valence-electron chi connectivity index (χ2n) is 15.0. The Morgan fingerprint density at radius 3 is 1.37 bits per heavy atom. The van der Waals surface area contributed by atoms with E-state index in [1.54, 1.807) is 0 Å². The monoisotopic (exact) mass is 679 g/mol. The number of hydrogen-bond donors (Lipinski definition) is 0. The molecule has 0 N–H and O–H groups in total. The molecule has 3 aromatic rings. The van der Waals surface area contributed by atoms with Crippen molar-refractivity contribution in [2.75, 3.05) is 0 Å². The summed E-state index contributed by atoms with van der Waals surface area (Å²) in [4.78, 5) is 0. The van der Waals surface area contributed by atoms with Gasteiger partial charge in [-0.1, -0.05) is 0 Å². The van der Waals surface area contributed by atoms with Crippen LogP contribution in [-0.2, 0) is 26.4 Å². The van der Waals surface area contributed by atoms with Crippen LogP contribution >= 0.6 is 17.0 Å². The number of halogens is 2. The summed E-state index contributed by atoms with van der Waals surface area (Å²) in [5.41, 5.74) is 13.8. The third-order valence-corrected chi connectivity index (χ3v) is 57.6. The van der Waals surface area contributed by atoms with E-state index in [0.29, 0.717) is 0 Å². The van der Waals surface area contributed by atoms with Crippen molar-refractivity contribution < 1.29 is 15.6 Å². The predicted octanol–water partition coefficient (Wildman–Crippen LogP) is 10.8. The Labute approximate surface area is 258 Å². The van der Waals surface area contributed by atoms with Gasteiger partial charge in [0.2, 0.25) is 0 Å². The van der Waals surface area contributed by atoms with Crippen molar-refractivity contribution in [1.82, 2.24) is 0 Å². The minimum atomic E-state index is -4.97. The molecule has 217 valence electrons. The number of rotatable bonds is 4. The molecule has 0 aliphatic heterocycles. The molecule has 41 heavy (non-hydrogen) atoms. The zero-order valence-corrected chi connectivity index (χ0v) is 32.0. The molecule has 0 radical (unpaired) electrons. The second kappa shape index (κ2) is 10.2. The van der Waals surface area contributed by atoms with E-state index < -0.39 is 21.5 Å². The Hall–Kier alpha value is -1.18. The molecular formula is C37H47Cl2SiZr. The van der Waals surface area contributed by atoms with Gasteiger partial charge in [-0.05, 0) is 0 Å². The van der Waals surface area contributed by atoms with Gasteiger partial charge >= 0.3 is 260 Å². The average molecular weight is 682 g/mol. The van der Waals surface area contributed by atoms with Crippen LogP contribution in [0.15, 0.2) is 65.7 Å². The SMILES string of the molecule is CC1=Cc2c(C(C)(C)C)ccc(C)c2[CH]1[Zr]([Cl])([Cl])([CH]1C(C)=Cc2c(C(C)(C)C)ccc(C)c21)[SiH](C)c1ccccc1. The van der Waals surface area contributed by atoms with Crippen LogP contribution in [0.1, 0.15) is 107 Å². The van der Waals surface area contributed by atoms with E-state index in [1.807, 2.05) is 0 Å². The predicted molar refractivity (Wildman–Crippen MR) is 183 cm³/mol. The van der Waals surface area contributed by atoms with Crippen LogP contribution in [0.4, 0.5) is 0 Å². The number of fused-ring (bicyclic) bond motifs is 2. The molecule has 2 aliphatic rings. The first-order chi connectivity index (χ1) is 18.9. The summed E-state index contributed by atoms with van der Waals surface area (Å²) in [5, 5.41) is 1.39. The quantitative estimate of drug-likeness (QED) is 0.241. The van der Waals surface area contributed by atoms with Gasteiger partial charge in [-0.15, -0.1) is 0 Å². The van der Waals surface area contributed by atoms with E-state index in [2.05, 4.69) is 143 Å². The van der Waals surface area contributed by atoms with Crippen molar-refractivity contribution >= 4 is 40.3 Å². The van der Waals surface area contributed by atoms with Gasteiger partial charge in [-0.25, -0.2) is 0 Å². The van der Waals surface area contributed by atoms with Crippen molar-refractivity contribution in [3.63, 3.8) is 0 Å². The van der Waals surface area contributed by atoms with Crippen molar-refractivity contribution in [3.05, 3.63) is 110 Å². The Kier molecular flexibility index (Phi) is 7.77. The fraction of sp³-hybridized carbons (Fsp3) is 0.405. The standard InChI is InChI=1S/2C15H19.C7H9Si.2ClH.Zr/c2*1-10-8-12-11(2)6-7-14(13(12)9-10)15(3,4)5;1-8-7-5-3-2-4-6-7;;;/h2*6-9H,1-5H3;2-6,8H,1H3;2*1H;/q;;;;;+2/p-2. The summed E-state index contributed by atoms with van der Waals surface area (Å²) in [5.74, 6) is -1.90. The third-order valence-electron chi connectivity index (χ3n) is 10.1. The van der Waals surface area contributed by atoms with Gasteiger partial charge in [-0.2, -0.15) is 0 Å². The van der Waals surface area contributed by atoms with Crippen LogP contribution in [0.5, 0.6) is 0 Å². The zero-order chi connectivity index (χ0) is 30.3. The van der Waals surface area contributed by atoms with E-state index in [-0.39, 0.29) is 18.1 Å². The van der Waals surface area contributed by atoms with Gasteiger partial charge in [0.15, 0.2) is 0 Å². The van der Waals surface area contributed by atoms with Crippen LogP contribution in [0.2, 0.25) is 6.55 Å². The Balaban J connectivity index is 1.89. The first-order valence-corrected chi connectivity index (χ1v) is 30.9. The summed E-state index contributed by atoms with van der Waals surface area (Å²) < 4.78 is 0.159. The molecule has 3 unspecified atom stereocenters. The molecule has 3 aromatic carbocycles. The van der Waals surface area contributed by atoms with E-state index in [9.17, 15) is 0 Å². The maximum atomic E-state index is 8.77. The van der Waals surface area contributed by atoms with Crippen LogP contribution in [0.25, 0.3) is 12.2 Å². The normalized spacial score (nSPS) is 20.6. The average Bonchev–Trinajstić information content (AvgIpc) is 3.41. The molecule has 4 heteroatoms. The van der Waals surface area contributed by atoms with Gasteiger partial charge in [0.25, 0.3) is 0 Å². The molecule has 0 nitrogen and oxygen atoms in total. The van der Waals surface area contributed by atoms with Crippen LogP contribution in [0, 0.1) is 13.8 Å². The Morgan fingerprint density at radius 1 is 0.610 bits per heavy atom. The summed E-state index contributed by atoms with van der Waals surface area (Å²) >= 11 is -4.97. The molecule has 2 aliphatic carbocycles. The van der Waals surface area contributed by atoms with E-state index in [4.69, 9.17) is 17.0 Å². The number of benzene rings is 3. The molecule has 0 heterocycles. The number of aryl methyl sites for hydroxylation is 2. The van der Waals surface area contributed by atoms with Gasteiger partial charge in [0, 0.05) is 0 Å².